The first-order chi connectivity index (χ1) is 13.4. The Kier molecular flexibility index (Phi) is 3.96. The first-order valence-corrected chi connectivity index (χ1v) is 8.53. The van der Waals surface area contributed by atoms with Gasteiger partial charge >= 0.3 is 0 Å². The van der Waals surface area contributed by atoms with E-state index in [2.05, 4.69) is 15.1 Å². The summed E-state index contributed by atoms with van der Waals surface area (Å²) in [5, 5.41) is 15.2. The van der Waals surface area contributed by atoms with Gasteiger partial charge in [0.05, 0.1) is 16.6 Å². The number of rotatable bonds is 4. The molecule has 8 heteroatoms. The molecule has 2 aromatic heterocycles. The fourth-order valence-corrected chi connectivity index (χ4v) is 3.23. The normalized spacial score (nSPS) is 11.1. The van der Waals surface area contributed by atoms with Gasteiger partial charge in [0, 0.05) is 18.2 Å². The van der Waals surface area contributed by atoms with Gasteiger partial charge in [0.1, 0.15) is 11.4 Å². The van der Waals surface area contributed by atoms with Gasteiger partial charge in [0.2, 0.25) is 5.91 Å². The summed E-state index contributed by atoms with van der Waals surface area (Å²) >= 11 is 0. The molecule has 28 heavy (non-hydrogen) atoms. The van der Waals surface area contributed by atoms with E-state index in [1.165, 1.54) is 23.7 Å². The Bertz CT molecular complexity index is 1190. The zero-order chi connectivity index (χ0) is 20.0. The number of carbonyl (C=O) groups excluding carboxylic acids is 2. The second kappa shape index (κ2) is 6.34. The van der Waals surface area contributed by atoms with Gasteiger partial charge in [-0.2, -0.15) is 5.10 Å². The lowest BCUT2D eigenvalue weighted by Crippen LogP contribution is -2.15. The van der Waals surface area contributed by atoms with Gasteiger partial charge in [-0.15, -0.1) is 0 Å². The van der Waals surface area contributed by atoms with Crippen molar-refractivity contribution in [2.24, 2.45) is 12.8 Å². The number of nitrogens with zero attached hydrogens (tertiary/aromatic N) is 3. The molecule has 4 aromatic rings. The van der Waals surface area contributed by atoms with E-state index in [1.54, 1.807) is 7.05 Å². The number of hydrogen-bond acceptors (Lipinski definition) is 5. The summed E-state index contributed by atoms with van der Waals surface area (Å²) in [6, 6.07) is 12.3. The van der Waals surface area contributed by atoms with Crippen LogP contribution in [0.2, 0.25) is 0 Å². The highest BCUT2D eigenvalue weighted by Gasteiger charge is 2.22. The van der Waals surface area contributed by atoms with E-state index in [9.17, 15) is 14.7 Å². The molecule has 0 unspecified atom stereocenters. The molecule has 2 aromatic carbocycles. The summed E-state index contributed by atoms with van der Waals surface area (Å²) in [6.45, 7) is 1.36. The quantitative estimate of drug-likeness (QED) is 0.473. The van der Waals surface area contributed by atoms with Crippen LogP contribution in [0.15, 0.2) is 42.5 Å². The Balaban J connectivity index is 1.90. The van der Waals surface area contributed by atoms with Crippen LogP contribution in [-0.4, -0.2) is 36.5 Å². The number of ketones is 1. The largest absolute Gasteiger partial charge is 0.504 e. The Morgan fingerprint density at radius 2 is 1.86 bits per heavy atom. The third-order valence-electron chi connectivity index (χ3n) is 4.56. The first-order valence-electron chi connectivity index (χ1n) is 8.53. The van der Waals surface area contributed by atoms with Crippen LogP contribution >= 0.6 is 0 Å². The number of aromatic nitrogens is 4. The zero-order valence-corrected chi connectivity index (χ0v) is 15.2. The molecular weight excluding hydrogens is 358 g/mol. The first kappa shape index (κ1) is 17.5. The number of H-pyrrole nitrogens is 1. The van der Waals surface area contributed by atoms with Crippen molar-refractivity contribution < 1.29 is 14.7 Å². The van der Waals surface area contributed by atoms with Crippen LogP contribution in [0.25, 0.3) is 33.8 Å². The number of amides is 1. The Hall–Kier alpha value is -3.94. The molecule has 8 nitrogen and oxygen atoms in total. The molecular formula is C20H17N5O3. The van der Waals surface area contributed by atoms with Crippen LogP contribution in [-0.2, 0) is 7.05 Å². The number of aryl methyl sites for hydroxylation is 1. The number of nitrogens with one attached hydrogen (secondary N) is 1. The predicted octanol–water partition coefficient (Wildman–Crippen LogP) is 2.64. The highest BCUT2D eigenvalue weighted by atomic mass is 16.3. The summed E-state index contributed by atoms with van der Waals surface area (Å²) in [5.74, 6) is -0.636. The van der Waals surface area contributed by atoms with Gasteiger partial charge in [0.15, 0.2) is 17.4 Å². The van der Waals surface area contributed by atoms with E-state index in [0.29, 0.717) is 28.2 Å². The van der Waals surface area contributed by atoms with Crippen molar-refractivity contribution in [3.05, 3.63) is 53.6 Å². The number of Topliss-reactive ketones (excluding diaryl/α,β-unsaturated/α-hetero) is 1. The minimum absolute atomic E-state index is 0.0188. The van der Waals surface area contributed by atoms with Gasteiger partial charge in [-0.25, -0.2) is 4.98 Å². The Morgan fingerprint density at radius 1 is 1.14 bits per heavy atom. The molecule has 0 radical (unpaired) electrons. The maximum Gasteiger partial charge on any atom is 0.249 e. The Labute approximate surface area is 159 Å². The van der Waals surface area contributed by atoms with Gasteiger partial charge in [-0.1, -0.05) is 30.3 Å². The topological polar surface area (TPSA) is 127 Å². The van der Waals surface area contributed by atoms with Gasteiger partial charge < -0.3 is 15.8 Å². The van der Waals surface area contributed by atoms with Crippen LogP contribution in [0.4, 0.5) is 0 Å². The van der Waals surface area contributed by atoms with Crippen LogP contribution in [0.1, 0.15) is 27.6 Å². The van der Waals surface area contributed by atoms with Gasteiger partial charge in [-0.3, -0.25) is 14.3 Å². The predicted molar refractivity (Wildman–Crippen MR) is 104 cm³/mol. The molecule has 0 spiro atoms. The lowest BCUT2D eigenvalue weighted by Gasteiger charge is -2.02. The zero-order valence-electron chi connectivity index (χ0n) is 15.2. The smallest absolute Gasteiger partial charge is 0.249 e. The number of primary amides is 1. The Morgan fingerprint density at radius 3 is 2.50 bits per heavy atom. The molecule has 0 aliphatic carbocycles. The number of aromatic amines is 1. The standard InChI is InChI=1S/C20H17N5O3/c1-10(26)12-8-14-15(9-13(12)19(21)28)23-20(22-14)17-18(27)16(24-25(17)2)11-6-4-3-5-7-11/h3-9,27H,1-2H3,(H2,21,28)(H,22,23). The molecule has 2 heterocycles. The fourth-order valence-electron chi connectivity index (χ4n) is 3.23. The van der Waals surface area contributed by atoms with Crippen molar-refractivity contribution in [2.75, 3.05) is 0 Å². The fraction of sp³-hybridized carbons (Fsp3) is 0.100. The van der Waals surface area contributed by atoms with E-state index < -0.39 is 5.91 Å². The van der Waals surface area contributed by atoms with Crippen molar-refractivity contribution >= 4 is 22.7 Å². The molecule has 4 rings (SSSR count). The molecule has 0 saturated carbocycles. The summed E-state index contributed by atoms with van der Waals surface area (Å²) < 4.78 is 1.52. The highest BCUT2D eigenvalue weighted by molar-refractivity contribution is 6.09. The third-order valence-corrected chi connectivity index (χ3v) is 4.56. The lowest BCUT2D eigenvalue weighted by atomic mass is 10.0. The average molecular weight is 375 g/mol. The summed E-state index contributed by atoms with van der Waals surface area (Å²) in [5.41, 5.74) is 8.32. The van der Waals surface area contributed by atoms with Crippen molar-refractivity contribution in [2.45, 2.75) is 6.92 Å². The molecule has 0 fully saturated rings. The maximum absolute atomic E-state index is 11.9. The molecule has 0 saturated heterocycles. The monoisotopic (exact) mass is 375 g/mol. The number of imidazole rings is 1. The van der Waals surface area contributed by atoms with E-state index in [-0.39, 0.29) is 22.7 Å². The van der Waals surface area contributed by atoms with Crippen molar-refractivity contribution in [3.8, 4) is 28.5 Å². The van der Waals surface area contributed by atoms with Gasteiger partial charge in [0.25, 0.3) is 0 Å². The van der Waals surface area contributed by atoms with Crippen LogP contribution in [0.3, 0.4) is 0 Å². The maximum atomic E-state index is 11.9. The number of hydrogen-bond donors (Lipinski definition) is 3. The van der Waals surface area contributed by atoms with Crippen molar-refractivity contribution in [3.63, 3.8) is 0 Å². The second-order valence-corrected chi connectivity index (χ2v) is 6.46. The lowest BCUT2D eigenvalue weighted by molar-refractivity contribution is 0.0973. The van der Waals surface area contributed by atoms with Gasteiger partial charge in [-0.05, 0) is 19.1 Å². The molecule has 0 aliphatic heterocycles. The number of aromatic hydroxyl groups is 1. The van der Waals surface area contributed by atoms with Crippen LogP contribution in [0, 0.1) is 0 Å². The summed E-state index contributed by atoms with van der Waals surface area (Å²) in [7, 11) is 1.70. The van der Waals surface area contributed by atoms with E-state index in [1.807, 2.05) is 30.3 Å². The molecule has 1 amide bonds. The van der Waals surface area contributed by atoms with Crippen molar-refractivity contribution in [1.82, 2.24) is 19.7 Å². The molecule has 0 bridgehead atoms. The summed E-state index contributed by atoms with van der Waals surface area (Å²) in [4.78, 5) is 31.1. The number of benzene rings is 2. The number of carbonyl (C=O) groups is 2. The number of nitrogens with two attached hydrogens (primary N) is 1. The van der Waals surface area contributed by atoms with E-state index >= 15 is 0 Å². The molecule has 4 N–H and O–H groups in total. The average Bonchev–Trinajstić information content (AvgIpc) is 3.20. The minimum atomic E-state index is -0.696. The minimum Gasteiger partial charge on any atom is -0.504 e. The van der Waals surface area contributed by atoms with E-state index in [0.717, 1.165) is 5.56 Å². The molecule has 0 aliphatic rings. The third kappa shape index (κ3) is 2.71. The second-order valence-electron chi connectivity index (χ2n) is 6.46. The molecule has 140 valence electrons. The number of fused-ring (bicyclic) bond motifs is 1. The molecule has 0 atom stereocenters. The van der Waals surface area contributed by atoms with E-state index in [4.69, 9.17) is 5.73 Å². The van der Waals surface area contributed by atoms with Crippen molar-refractivity contribution in [1.29, 1.82) is 0 Å². The van der Waals surface area contributed by atoms with Crippen LogP contribution in [0.5, 0.6) is 5.75 Å². The summed E-state index contributed by atoms with van der Waals surface area (Å²) in [6.07, 6.45) is 0. The van der Waals surface area contributed by atoms with Crippen LogP contribution < -0.4 is 5.73 Å². The highest BCUT2D eigenvalue weighted by Crippen LogP contribution is 2.37. The SMILES string of the molecule is CC(=O)c1cc2nc(-c3c(O)c(-c4ccccc4)nn3C)[nH]c2cc1C(N)=O.